The molecule has 480 valence electrons. The average Bonchev–Trinajstić information content (AvgIpc) is 1.56. The van der Waals surface area contributed by atoms with Crippen LogP contribution in [0.5, 0.6) is 0 Å². The van der Waals surface area contributed by atoms with Gasteiger partial charge in [0.25, 0.3) is 0 Å². The Morgan fingerprint density at radius 1 is 0.186 bits per heavy atom. The van der Waals surface area contributed by atoms with E-state index in [1.54, 1.807) is 0 Å². The molecule has 20 aromatic rings. The van der Waals surface area contributed by atoms with Crippen molar-refractivity contribution in [3.63, 3.8) is 0 Å². The zero-order chi connectivity index (χ0) is 67.5. The predicted molar refractivity (Wildman–Crippen MR) is 429 cm³/mol. The normalized spacial score (nSPS) is 11.5. The number of benzene rings is 16. The fraction of sp³-hybridized carbons (Fsp3) is 0. The fourth-order valence-corrected chi connectivity index (χ4v) is 15.4. The molecule has 4 aromatic heterocycles. The van der Waals surface area contributed by atoms with Crippen molar-refractivity contribution >= 4 is 121 Å². The van der Waals surface area contributed by atoms with Crippen LogP contribution in [-0.2, 0) is 0 Å². The molecule has 6 heteroatoms. The maximum atomic E-state index is 6.65. The van der Waals surface area contributed by atoms with Crippen LogP contribution >= 0.6 is 0 Å². The van der Waals surface area contributed by atoms with Crippen molar-refractivity contribution in [3.05, 3.63) is 394 Å². The summed E-state index contributed by atoms with van der Waals surface area (Å²) in [6, 6.07) is 141. The minimum atomic E-state index is 0.900. The summed E-state index contributed by atoms with van der Waals surface area (Å²) in [6.07, 6.45) is 0. The number of rotatable bonds is 12. The van der Waals surface area contributed by atoms with E-state index in [9.17, 15) is 0 Å². The molecule has 0 radical (unpaired) electrons. The molecule has 20 rings (SSSR count). The molecule has 0 bridgehead atoms. The van der Waals surface area contributed by atoms with Gasteiger partial charge < -0.3 is 27.9 Å². The Kier molecular flexibility index (Phi) is 14.8. The van der Waals surface area contributed by atoms with Gasteiger partial charge in [-0.2, -0.15) is 0 Å². The maximum Gasteiger partial charge on any atom is 0.145 e. The minimum Gasteiger partial charge on any atom is -0.455 e. The number of hydrogen-bond donors (Lipinski definition) is 0. The van der Waals surface area contributed by atoms with Crippen LogP contribution in [0.2, 0.25) is 0 Å². The number of hydrogen-bond acceptors (Lipinski definition) is 3. The van der Waals surface area contributed by atoms with E-state index in [1.807, 2.05) is 6.07 Å². The van der Waals surface area contributed by atoms with Gasteiger partial charge >= 0.3 is 0 Å². The summed E-state index contributed by atoms with van der Waals surface area (Å²) >= 11 is 0. The second-order valence-electron chi connectivity index (χ2n) is 26.0. The zero-order valence-electron chi connectivity index (χ0n) is 55.7. The maximum absolute atomic E-state index is 6.65. The molecule has 0 aliphatic carbocycles. The number of fused-ring (bicyclic) bond motifs is 13. The lowest BCUT2D eigenvalue weighted by molar-refractivity contribution is 0.673. The van der Waals surface area contributed by atoms with Crippen LogP contribution in [0.3, 0.4) is 0 Å². The molecule has 0 fully saturated rings. The Balaban J connectivity index is 0.000000141. The van der Waals surface area contributed by atoms with Gasteiger partial charge in [0.2, 0.25) is 0 Å². The second kappa shape index (κ2) is 25.3. The molecule has 102 heavy (non-hydrogen) atoms. The van der Waals surface area contributed by atoms with Crippen molar-refractivity contribution in [2.45, 2.75) is 0 Å². The summed E-state index contributed by atoms with van der Waals surface area (Å²) < 4.78 is 13.8. The van der Waals surface area contributed by atoms with E-state index in [0.717, 1.165) is 94.9 Å². The van der Waals surface area contributed by atoms with Crippen LogP contribution in [0, 0.1) is 0 Å². The number of anilines is 6. The molecule has 0 aliphatic rings. The van der Waals surface area contributed by atoms with Gasteiger partial charge in [-0.25, -0.2) is 0 Å². The summed E-state index contributed by atoms with van der Waals surface area (Å²) in [7, 11) is 0. The SMILES string of the molecule is c1ccc(-c2ccc(-c3ccc(N(c4ccccc4)c4ccc5c(c4)c4c6oc7ccccc7c6ccc4n5-c4ccccc4)cc3)cc2)cc1.c1ccc(-c2ccc(N(c3ccccc3)c3ccc(-n4c5ccccc5c5cc6c7ccccc7n(-c7ccccc7)c6cc54)cc3)cc2)cc1. The van der Waals surface area contributed by atoms with Crippen LogP contribution < -0.4 is 9.80 Å². The molecule has 0 N–H and O–H groups in total. The average molecular weight is 1300 g/mol. The first-order valence-corrected chi connectivity index (χ1v) is 34.8. The van der Waals surface area contributed by atoms with Gasteiger partial charge in [-0.3, -0.25) is 0 Å². The number of aromatic nitrogens is 3. The topological polar surface area (TPSA) is 34.4 Å². The summed E-state index contributed by atoms with van der Waals surface area (Å²) in [5.74, 6) is 0. The highest BCUT2D eigenvalue weighted by atomic mass is 16.3. The van der Waals surface area contributed by atoms with E-state index in [0.29, 0.717) is 0 Å². The fourth-order valence-electron chi connectivity index (χ4n) is 15.4. The van der Waals surface area contributed by atoms with Crippen LogP contribution in [-0.4, -0.2) is 13.7 Å². The van der Waals surface area contributed by atoms with E-state index >= 15 is 0 Å². The Morgan fingerprint density at radius 2 is 0.520 bits per heavy atom. The van der Waals surface area contributed by atoms with Crippen molar-refractivity contribution in [1.29, 1.82) is 0 Å². The van der Waals surface area contributed by atoms with Crippen LogP contribution in [0.25, 0.3) is 138 Å². The molecule has 0 amide bonds. The third kappa shape index (κ3) is 10.4. The molecule has 0 aliphatic heterocycles. The van der Waals surface area contributed by atoms with Crippen molar-refractivity contribution < 1.29 is 4.42 Å². The molecule has 6 nitrogen and oxygen atoms in total. The van der Waals surface area contributed by atoms with Crippen molar-refractivity contribution in [2.75, 3.05) is 9.80 Å². The summed E-state index contributed by atoms with van der Waals surface area (Å²) in [5, 5.41) is 9.55. The zero-order valence-corrected chi connectivity index (χ0v) is 55.7. The Morgan fingerprint density at radius 3 is 1.01 bits per heavy atom. The largest absolute Gasteiger partial charge is 0.455 e. The molecular formula is C96H65N5O. The molecule has 0 saturated carbocycles. The van der Waals surface area contributed by atoms with Gasteiger partial charge in [-0.05, 0) is 191 Å². The van der Waals surface area contributed by atoms with Crippen LogP contribution in [0.1, 0.15) is 0 Å². The first-order chi connectivity index (χ1) is 50.6. The summed E-state index contributed by atoms with van der Waals surface area (Å²) in [6.45, 7) is 0. The Labute approximate surface area is 590 Å². The lowest BCUT2D eigenvalue weighted by Crippen LogP contribution is -2.10. The van der Waals surface area contributed by atoms with E-state index in [-0.39, 0.29) is 0 Å². The lowest BCUT2D eigenvalue weighted by Gasteiger charge is -2.26. The van der Waals surface area contributed by atoms with E-state index in [4.69, 9.17) is 4.42 Å². The number of nitrogens with zero attached hydrogens (tertiary/aromatic N) is 5. The van der Waals surface area contributed by atoms with Gasteiger partial charge in [0.05, 0.1) is 38.5 Å². The van der Waals surface area contributed by atoms with Gasteiger partial charge in [-0.15, -0.1) is 0 Å². The van der Waals surface area contributed by atoms with Gasteiger partial charge in [0.15, 0.2) is 0 Å². The minimum absolute atomic E-state index is 0.900. The predicted octanol–water partition coefficient (Wildman–Crippen LogP) is 26.5. The summed E-state index contributed by atoms with van der Waals surface area (Å²) in [5.41, 5.74) is 26.1. The molecule has 4 heterocycles. The molecule has 0 spiro atoms. The third-order valence-corrected chi connectivity index (χ3v) is 20.1. The first-order valence-electron chi connectivity index (χ1n) is 34.8. The molecule has 0 unspecified atom stereocenters. The van der Waals surface area contributed by atoms with Crippen LogP contribution in [0.4, 0.5) is 34.1 Å². The van der Waals surface area contributed by atoms with Crippen molar-refractivity contribution in [2.24, 2.45) is 0 Å². The molecular weight excluding hydrogens is 1240 g/mol. The highest BCUT2D eigenvalue weighted by Crippen LogP contribution is 2.46. The highest BCUT2D eigenvalue weighted by Gasteiger charge is 2.24. The van der Waals surface area contributed by atoms with E-state index < -0.39 is 0 Å². The first kappa shape index (κ1) is 59.6. The van der Waals surface area contributed by atoms with Gasteiger partial charge in [0.1, 0.15) is 11.2 Å². The third-order valence-electron chi connectivity index (χ3n) is 20.1. The van der Waals surface area contributed by atoms with Crippen molar-refractivity contribution in [1.82, 2.24) is 13.7 Å². The smallest absolute Gasteiger partial charge is 0.145 e. The van der Waals surface area contributed by atoms with Gasteiger partial charge in [-0.1, -0.05) is 237 Å². The number of furan rings is 1. The molecule has 16 aromatic carbocycles. The quantitative estimate of drug-likeness (QED) is 0.122. The van der Waals surface area contributed by atoms with Gasteiger partial charge in [0, 0.05) is 88.9 Å². The molecule has 0 atom stereocenters. The van der Waals surface area contributed by atoms with Crippen LogP contribution in [0.15, 0.2) is 399 Å². The van der Waals surface area contributed by atoms with E-state index in [1.165, 1.54) is 77.0 Å². The van der Waals surface area contributed by atoms with Crippen molar-refractivity contribution in [3.8, 4) is 50.4 Å². The molecule has 0 saturated heterocycles. The summed E-state index contributed by atoms with van der Waals surface area (Å²) in [4.78, 5) is 4.67. The standard InChI is InChI=1S/C48H33N3.C48H32N2O/c1-4-14-34(15-5-1)35-24-26-38(27-25-35)49(36-16-6-2-7-17-36)39-28-30-40(31-29-39)51-46-23-13-11-21-42(46)44-32-43-41-20-10-12-22-45(41)50(47(43)33-48(44)51)37-18-8-3-9-19-37;1-4-12-33(13-5-1)34-20-22-35(23-21-34)36-24-26-39(27-25-36)49(37-14-6-2-7-15-37)40-28-30-44-43(32-40)47-45(50(44)38-16-8-3-9-17-38)31-29-42-41-18-10-11-19-46(41)51-48(42)47/h1-33H;1-32H. The Hall–Kier alpha value is -13.7. The second-order valence-corrected chi connectivity index (χ2v) is 26.0. The monoisotopic (exact) mass is 1300 g/mol. The van der Waals surface area contributed by atoms with E-state index in [2.05, 4.69) is 412 Å². The number of para-hydroxylation sites is 7. The Bertz CT molecular complexity index is 6430. The lowest BCUT2D eigenvalue weighted by atomic mass is 10.00. The highest BCUT2D eigenvalue weighted by molar-refractivity contribution is 6.25.